The Kier molecular flexibility index (Phi) is 8.62. The summed E-state index contributed by atoms with van der Waals surface area (Å²) in [5, 5.41) is 3.38. The summed E-state index contributed by atoms with van der Waals surface area (Å²) >= 11 is 0. The van der Waals surface area contributed by atoms with Crippen LogP contribution in [0.25, 0.3) is 39.1 Å². The van der Waals surface area contributed by atoms with Crippen LogP contribution < -0.4 is 15.8 Å². The van der Waals surface area contributed by atoms with Crippen molar-refractivity contribution in [3.05, 3.63) is 200 Å². The molecule has 48 heavy (non-hydrogen) atoms. The second-order valence-electron chi connectivity index (χ2n) is 11.9. The molecule has 2 atom stereocenters. The maximum Gasteiger partial charge on any atom is 0.134 e. The molecule has 1 unspecified atom stereocenters. The number of nitrogens with zero attached hydrogens (tertiary/aromatic N) is 1. The Morgan fingerprint density at radius 2 is 1.44 bits per heavy atom. The lowest BCUT2D eigenvalue weighted by atomic mass is 9.97. The van der Waals surface area contributed by atoms with Crippen molar-refractivity contribution in [2.75, 3.05) is 5.32 Å². The first kappa shape index (κ1) is 30.4. The van der Waals surface area contributed by atoms with Crippen molar-refractivity contribution < 1.29 is 4.74 Å². The summed E-state index contributed by atoms with van der Waals surface area (Å²) in [6.45, 7) is 8.48. The van der Waals surface area contributed by atoms with Crippen molar-refractivity contribution in [2.24, 2.45) is 5.73 Å². The third-order valence-electron chi connectivity index (χ3n) is 8.75. The monoisotopic (exact) mass is 623 g/mol. The Labute approximate surface area is 282 Å². The van der Waals surface area contributed by atoms with Crippen LogP contribution in [0.15, 0.2) is 184 Å². The second-order valence-corrected chi connectivity index (χ2v) is 11.9. The fourth-order valence-corrected chi connectivity index (χ4v) is 6.19. The maximum atomic E-state index is 6.13. The van der Waals surface area contributed by atoms with Gasteiger partial charge in [-0.25, -0.2) is 0 Å². The molecule has 3 N–H and O–H groups in total. The Balaban J connectivity index is 0.992. The van der Waals surface area contributed by atoms with Crippen LogP contribution in [0.2, 0.25) is 0 Å². The van der Waals surface area contributed by atoms with Gasteiger partial charge in [0.2, 0.25) is 0 Å². The van der Waals surface area contributed by atoms with Gasteiger partial charge in [-0.1, -0.05) is 122 Å². The molecule has 0 saturated carbocycles. The van der Waals surface area contributed by atoms with Gasteiger partial charge < -0.3 is 20.7 Å². The molecule has 234 valence electrons. The number of fused-ring (bicyclic) bond motifs is 2. The molecule has 3 aliphatic rings. The number of ether oxygens (including phenoxy) is 1. The van der Waals surface area contributed by atoms with E-state index >= 15 is 0 Å². The van der Waals surface area contributed by atoms with Crippen molar-refractivity contribution in [1.82, 2.24) is 4.90 Å². The van der Waals surface area contributed by atoms with E-state index in [4.69, 9.17) is 10.5 Å². The highest BCUT2D eigenvalue weighted by atomic mass is 16.5. The summed E-state index contributed by atoms with van der Waals surface area (Å²) in [6, 6.07) is 32.4. The molecule has 4 nitrogen and oxygen atoms in total. The van der Waals surface area contributed by atoms with E-state index in [1.807, 2.05) is 54.8 Å². The van der Waals surface area contributed by atoms with E-state index in [1.54, 1.807) is 12.5 Å². The van der Waals surface area contributed by atoms with Gasteiger partial charge in [0.1, 0.15) is 5.75 Å². The number of anilines is 1. The van der Waals surface area contributed by atoms with Gasteiger partial charge in [-0.3, -0.25) is 0 Å². The average molecular weight is 624 g/mol. The molecule has 1 aliphatic carbocycles. The summed E-state index contributed by atoms with van der Waals surface area (Å²) in [7, 11) is 0. The van der Waals surface area contributed by atoms with Crippen molar-refractivity contribution in [2.45, 2.75) is 12.1 Å². The molecule has 1 fully saturated rings. The molecule has 2 aliphatic heterocycles. The third-order valence-corrected chi connectivity index (χ3v) is 8.75. The van der Waals surface area contributed by atoms with Crippen molar-refractivity contribution in [3.8, 4) is 28.0 Å². The molecule has 4 aromatic rings. The zero-order chi connectivity index (χ0) is 32.9. The minimum absolute atomic E-state index is 0.392. The van der Waals surface area contributed by atoms with Crippen molar-refractivity contribution in [3.63, 3.8) is 0 Å². The van der Waals surface area contributed by atoms with Crippen LogP contribution in [0.1, 0.15) is 16.7 Å². The van der Waals surface area contributed by atoms with E-state index in [9.17, 15) is 0 Å². The van der Waals surface area contributed by atoms with Crippen molar-refractivity contribution in [1.29, 1.82) is 0 Å². The van der Waals surface area contributed by atoms with Gasteiger partial charge >= 0.3 is 0 Å². The fourth-order valence-electron chi connectivity index (χ4n) is 6.19. The SMILES string of the molecule is C=C(/C=C\C=C/Nc1cccc(-c2ccc3c(c2)O/C=C\C=C/C3=C)c1)c1cccc(-c2cccc(/C(=C/N)N3C4C=CC=C[C@H]43)c2)c1. The standard InChI is InChI=1S/C44H37N3O/c1-31(33-14-9-15-34(26-33)35-16-10-18-38(27-35)43(30-45)47-41-20-3-4-21-42(41)47)12-5-7-24-46-39-19-11-17-36(28-39)37-22-23-40-32(2)13-6-8-25-48-44(40)29-37/h3-30,41-42,46H,1-2,45H2/b12-5-,13-6-,24-7-,25-8-,43-30-/t41-,42?,47?/m1/s1. The topological polar surface area (TPSA) is 50.3 Å². The molecular weight excluding hydrogens is 587 g/mol. The van der Waals surface area contributed by atoms with Crippen LogP contribution in [0, 0.1) is 0 Å². The smallest absolute Gasteiger partial charge is 0.134 e. The molecule has 2 heterocycles. The Bertz CT molecular complexity index is 2090. The van der Waals surface area contributed by atoms with Gasteiger partial charge in [0.25, 0.3) is 0 Å². The minimum atomic E-state index is 0.392. The second kappa shape index (κ2) is 13.6. The molecule has 0 aromatic heterocycles. The molecule has 0 bridgehead atoms. The number of allylic oxidation sites excluding steroid dienone is 10. The largest absolute Gasteiger partial charge is 0.464 e. The molecule has 0 spiro atoms. The molecule has 0 radical (unpaired) electrons. The molecule has 1 saturated heterocycles. The van der Waals surface area contributed by atoms with E-state index in [-0.39, 0.29) is 0 Å². The zero-order valence-electron chi connectivity index (χ0n) is 26.7. The number of hydrogen-bond acceptors (Lipinski definition) is 4. The number of rotatable bonds is 9. The minimum Gasteiger partial charge on any atom is -0.464 e. The Morgan fingerprint density at radius 3 is 2.21 bits per heavy atom. The summed E-state index contributed by atoms with van der Waals surface area (Å²) in [5.41, 5.74) is 17.6. The van der Waals surface area contributed by atoms with Crippen LogP contribution in [0.3, 0.4) is 0 Å². The van der Waals surface area contributed by atoms with E-state index in [0.29, 0.717) is 12.1 Å². The molecule has 7 rings (SSSR count). The first-order chi connectivity index (χ1) is 23.6. The predicted molar refractivity (Wildman–Crippen MR) is 202 cm³/mol. The summed E-state index contributed by atoms with van der Waals surface area (Å²) in [4.78, 5) is 2.35. The van der Waals surface area contributed by atoms with E-state index in [1.165, 1.54) is 0 Å². The molecule has 4 aromatic carbocycles. The highest BCUT2D eigenvalue weighted by molar-refractivity contribution is 5.81. The summed E-state index contributed by atoms with van der Waals surface area (Å²) in [6.07, 6.45) is 25.8. The first-order valence-corrected chi connectivity index (χ1v) is 16.1. The zero-order valence-corrected chi connectivity index (χ0v) is 26.7. The number of benzene rings is 4. The lowest BCUT2D eigenvalue weighted by Gasteiger charge is -2.13. The average Bonchev–Trinajstić information content (AvgIpc) is 3.84. The summed E-state index contributed by atoms with van der Waals surface area (Å²) < 4.78 is 5.86. The van der Waals surface area contributed by atoms with Crippen LogP contribution in [0.5, 0.6) is 5.75 Å². The fraction of sp³-hybridized carbons (Fsp3) is 0.0455. The molecule has 4 heteroatoms. The Hall–Kier alpha value is -6.26. The summed E-state index contributed by atoms with van der Waals surface area (Å²) in [5.74, 6) is 0.790. The highest BCUT2D eigenvalue weighted by Gasteiger charge is 2.46. The number of nitrogens with one attached hydrogen (secondary N) is 1. The van der Waals surface area contributed by atoms with Gasteiger partial charge in [-0.2, -0.15) is 0 Å². The van der Waals surface area contributed by atoms with E-state index in [0.717, 1.165) is 67.2 Å². The molecule has 0 amide bonds. The van der Waals surface area contributed by atoms with Crippen molar-refractivity contribution >= 4 is 22.5 Å². The van der Waals surface area contributed by atoms with Gasteiger partial charge in [0.05, 0.1) is 24.0 Å². The predicted octanol–water partition coefficient (Wildman–Crippen LogP) is 10.1. The van der Waals surface area contributed by atoms with Crippen LogP contribution >= 0.6 is 0 Å². The van der Waals surface area contributed by atoms with Gasteiger partial charge in [0.15, 0.2) is 0 Å². The van der Waals surface area contributed by atoms with Gasteiger partial charge in [0, 0.05) is 23.7 Å². The third kappa shape index (κ3) is 6.51. The van der Waals surface area contributed by atoms with Crippen LogP contribution in [-0.4, -0.2) is 17.0 Å². The number of nitrogens with two attached hydrogens (primary N) is 1. The maximum absolute atomic E-state index is 6.13. The van der Waals surface area contributed by atoms with E-state index < -0.39 is 0 Å². The van der Waals surface area contributed by atoms with Crippen LogP contribution in [0.4, 0.5) is 5.69 Å². The lowest BCUT2D eigenvalue weighted by Crippen LogP contribution is -2.04. The van der Waals surface area contributed by atoms with E-state index in [2.05, 4.69) is 127 Å². The molecular formula is C44H37N3O. The van der Waals surface area contributed by atoms with Crippen LogP contribution in [-0.2, 0) is 0 Å². The lowest BCUT2D eigenvalue weighted by molar-refractivity contribution is 0.480. The quantitative estimate of drug-likeness (QED) is 0.144. The number of hydrogen-bond donors (Lipinski definition) is 2. The van der Waals surface area contributed by atoms with Gasteiger partial charge in [-0.15, -0.1) is 0 Å². The van der Waals surface area contributed by atoms with Gasteiger partial charge in [-0.05, 0) is 87.0 Å². The normalized spacial score (nSPS) is 19.3. The highest BCUT2D eigenvalue weighted by Crippen LogP contribution is 2.41. The first-order valence-electron chi connectivity index (χ1n) is 16.1. The Morgan fingerprint density at radius 1 is 0.750 bits per heavy atom.